The number of aromatic nitrogens is 2. The molecule has 0 saturated heterocycles. The number of aryl methyl sites for hydroxylation is 1. The molecule has 0 fully saturated rings. The lowest BCUT2D eigenvalue weighted by atomic mass is 10.1. The summed E-state index contributed by atoms with van der Waals surface area (Å²) in [7, 11) is 1.78. The lowest BCUT2D eigenvalue weighted by Crippen LogP contribution is -2.37. The minimum atomic E-state index is 0. The minimum Gasteiger partial charge on any atom is -0.475 e. The number of ether oxygens (including phenoxy) is 1. The fourth-order valence-electron chi connectivity index (χ4n) is 2.75. The van der Waals surface area contributed by atoms with E-state index in [4.69, 9.17) is 4.74 Å². The number of nitrogens with one attached hydrogen (secondary N) is 2. The van der Waals surface area contributed by atoms with Gasteiger partial charge in [-0.25, -0.2) is 9.97 Å². The van der Waals surface area contributed by atoms with Gasteiger partial charge in [0.2, 0.25) is 5.88 Å². The van der Waals surface area contributed by atoms with Crippen LogP contribution in [0.2, 0.25) is 0 Å². The molecular formula is C20H32IN5OS. The normalized spacial score (nSPS) is 12.4. The van der Waals surface area contributed by atoms with Gasteiger partial charge in [0.05, 0.1) is 11.1 Å². The number of pyridine rings is 1. The van der Waals surface area contributed by atoms with Crippen molar-refractivity contribution in [3.63, 3.8) is 0 Å². The SMILES string of the molecule is CN=C(NCCc1ncc(C)s1)NCc1ccnc(OC(C)CC(C)C)c1.I. The summed E-state index contributed by atoms with van der Waals surface area (Å²) in [4.78, 5) is 14.2. The number of hydrogen-bond donors (Lipinski definition) is 2. The molecule has 0 aromatic carbocycles. The Morgan fingerprint density at radius 1 is 1.25 bits per heavy atom. The first-order chi connectivity index (χ1) is 13.0. The van der Waals surface area contributed by atoms with E-state index < -0.39 is 0 Å². The highest BCUT2D eigenvalue weighted by molar-refractivity contribution is 14.0. The Morgan fingerprint density at radius 3 is 2.68 bits per heavy atom. The van der Waals surface area contributed by atoms with Crippen molar-refractivity contribution in [2.24, 2.45) is 10.9 Å². The molecule has 0 spiro atoms. The molecule has 6 nitrogen and oxygen atoms in total. The van der Waals surface area contributed by atoms with Crippen molar-refractivity contribution in [2.75, 3.05) is 13.6 Å². The Kier molecular flexibility index (Phi) is 11.4. The third-order valence-electron chi connectivity index (χ3n) is 3.91. The molecule has 2 aromatic rings. The van der Waals surface area contributed by atoms with Crippen molar-refractivity contribution in [3.8, 4) is 5.88 Å². The van der Waals surface area contributed by atoms with Crippen LogP contribution in [0.1, 0.15) is 42.6 Å². The molecule has 0 bridgehead atoms. The van der Waals surface area contributed by atoms with Crippen LogP contribution in [-0.2, 0) is 13.0 Å². The number of rotatable bonds is 9. The van der Waals surface area contributed by atoms with E-state index in [1.165, 1.54) is 4.88 Å². The van der Waals surface area contributed by atoms with E-state index in [1.54, 1.807) is 24.6 Å². The van der Waals surface area contributed by atoms with Gasteiger partial charge in [0.25, 0.3) is 0 Å². The summed E-state index contributed by atoms with van der Waals surface area (Å²) < 4.78 is 5.92. The summed E-state index contributed by atoms with van der Waals surface area (Å²) in [6.45, 7) is 10.0. The third kappa shape index (κ3) is 9.18. The molecule has 8 heteroatoms. The summed E-state index contributed by atoms with van der Waals surface area (Å²) in [5.74, 6) is 2.05. The Bertz CT molecular complexity index is 735. The Labute approximate surface area is 189 Å². The summed E-state index contributed by atoms with van der Waals surface area (Å²) in [5, 5.41) is 7.79. The van der Waals surface area contributed by atoms with Gasteiger partial charge >= 0.3 is 0 Å². The minimum absolute atomic E-state index is 0. The second kappa shape index (κ2) is 12.9. The number of halogens is 1. The average Bonchev–Trinajstić information content (AvgIpc) is 3.02. The van der Waals surface area contributed by atoms with E-state index in [0.717, 1.165) is 35.9 Å². The average molecular weight is 517 g/mol. The number of nitrogens with zero attached hydrogens (tertiary/aromatic N) is 3. The van der Waals surface area contributed by atoms with Crippen molar-refractivity contribution in [3.05, 3.63) is 40.0 Å². The monoisotopic (exact) mass is 517 g/mol. The summed E-state index contributed by atoms with van der Waals surface area (Å²) in [6.07, 6.45) is 5.76. The topological polar surface area (TPSA) is 71.4 Å². The summed E-state index contributed by atoms with van der Waals surface area (Å²) >= 11 is 1.73. The van der Waals surface area contributed by atoms with Crippen LogP contribution in [0.3, 0.4) is 0 Å². The van der Waals surface area contributed by atoms with Gasteiger partial charge in [0, 0.05) is 49.9 Å². The predicted molar refractivity (Wildman–Crippen MR) is 128 cm³/mol. The summed E-state index contributed by atoms with van der Waals surface area (Å²) in [5.41, 5.74) is 1.11. The summed E-state index contributed by atoms with van der Waals surface area (Å²) in [6, 6.07) is 3.97. The molecular weight excluding hydrogens is 485 g/mol. The van der Waals surface area contributed by atoms with E-state index in [2.05, 4.69) is 53.3 Å². The maximum atomic E-state index is 5.92. The zero-order valence-electron chi connectivity index (χ0n) is 17.4. The van der Waals surface area contributed by atoms with Crippen molar-refractivity contribution < 1.29 is 4.74 Å². The lowest BCUT2D eigenvalue weighted by molar-refractivity contribution is 0.185. The van der Waals surface area contributed by atoms with Gasteiger partial charge in [0.1, 0.15) is 0 Å². The number of thiazole rings is 1. The molecule has 156 valence electrons. The van der Waals surface area contributed by atoms with Gasteiger partial charge in [-0.3, -0.25) is 4.99 Å². The number of hydrogen-bond acceptors (Lipinski definition) is 5. The molecule has 1 atom stereocenters. The van der Waals surface area contributed by atoms with Crippen LogP contribution in [0.25, 0.3) is 0 Å². The zero-order valence-corrected chi connectivity index (χ0v) is 20.5. The van der Waals surface area contributed by atoms with Gasteiger partial charge in [0.15, 0.2) is 5.96 Å². The molecule has 1 unspecified atom stereocenters. The molecule has 0 aliphatic rings. The van der Waals surface area contributed by atoms with Gasteiger partial charge in [-0.1, -0.05) is 13.8 Å². The standard InChI is InChI=1S/C20H31N5OS.HI/c1-14(2)10-15(3)26-18-11-17(6-8-22-18)13-25-20(21-5)23-9-7-19-24-12-16(4)27-19;/h6,8,11-12,14-15H,7,9-10,13H2,1-5H3,(H2,21,23,25);1H. The quantitative estimate of drug-likeness (QED) is 0.297. The Morgan fingerprint density at radius 2 is 2.04 bits per heavy atom. The maximum absolute atomic E-state index is 5.92. The molecule has 2 heterocycles. The van der Waals surface area contributed by atoms with Gasteiger partial charge in [-0.05, 0) is 37.8 Å². The lowest BCUT2D eigenvalue weighted by Gasteiger charge is -2.16. The largest absolute Gasteiger partial charge is 0.475 e. The predicted octanol–water partition coefficient (Wildman–Crippen LogP) is 4.19. The molecule has 0 aliphatic carbocycles. The Hall–Kier alpha value is -1.42. The molecule has 28 heavy (non-hydrogen) atoms. The van der Waals surface area contributed by atoms with Crippen LogP contribution < -0.4 is 15.4 Å². The van der Waals surface area contributed by atoms with E-state index in [-0.39, 0.29) is 30.1 Å². The molecule has 0 amide bonds. The molecule has 0 aliphatic heterocycles. The molecule has 2 N–H and O–H groups in total. The smallest absolute Gasteiger partial charge is 0.213 e. The van der Waals surface area contributed by atoms with Gasteiger partial charge in [-0.2, -0.15) is 0 Å². The first-order valence-electron chi connectivity index (χ1n) is 9.43. The maximum Gasteiger partial charge on any atom is 0.213 e. The zero-order chi connectivity index (χ0) is 19.6. The first kappa shape index (κ1) is 24.6. The van der Waals surface area contributed by atoms with Crippen LogP contribution in [-0.4, -0.2) is 35.6 Å². The van der Waals surface area contributed by atoms with Crippen LogP contribution in [0, 0.1) is 12.8 Å². The first-order valence-corrected chi connectivity index (χ1v) is 10.2. The van der Waals surface area contributed by atoms with Crippen LogP contribution in [0.4, 0.5) is 0 Å². The molecule has 0 radical (unpaired) electrons. The van der Waals surface area contributed by atoms with Crippen LogP contribution in [0.15, 0.2) is 29.5 Å². The highest BCUT2D eigenvalue weighted by Crippen LogP contribution is 2.15. The van der Waals surface area contributed by atoms with Crippen molar-refractivity contribution >= 4 is 41.3 Å². The highest BCUT2D eigenvalue weighted by Gasteiger charge is 2.08. The second-order valence-corrected chi connectivity index (χ2v) is 8.35. The van der Waals surface area contributed by atoms with E-state index in [9.17, 15) is 0 Å². The Balaban J connectivity index is 0.00000392. The van der Waals surface area contributed by atoms with E-state index in [1.807, 2.05) is 18.3 Å². The van der Waals surface area contributed by atoms with Crippen molar-refractivity contribution in [1.29, 1.82) is 0 Å². The molecule has 0 saturated carbocycles. The highest BCUT2D eigenvalue weighted by atomic mass is 127. The van der Waals surface area contributed by atoms with Gasteiger partial charge < -0.3 is 15.4 Å². The molecule has 2 rings (SSSR count). The van der Waals surface area contributed by atoms with Crippen molar-refractivity contribution in [2.45, 2.75) is 53.2 Å². The number of guanidine groups is 1. The van der Waals surface area contributed by atoms with Gasteiger partial charge in [-0.15, -0.1) is 35.3 Å². The third-order valence-corrected chi connectivity index (χ3v) is 4.88. The van der Waals surface area contributed by atoms with E-state index in [0.29, 0.717) is 18.3 Å². The van der Waals surface area contributed by atoms with Crippen molar-refractivity contribution in [1.82, 2.24) is 20.6 Å². The number of aliphatic imine (C=N–C) groups is 1. The molecule has 2 aromatic heterocycles. The van der Waals surface area contributed by atoms with Crippen LogP contribution in [0.5, 0.6) is 5.88 Å². The fraction of sp³-hybridized carbons (Fsp3) is 0.550. The second-order valence-electron chi connectivity index (χ2n) is 7.03. The fourth-order valence-corrected chi connectivity index (χ4v) is 3.54. The van der Waals surface area contributed by atoms with E-state index >= 15 is 0 Å². The van der Waals surface area contributed by atoms with Crippen LogP contribution >= 0.6 is 35.3 Å².